The maximum Gasteiger partial charge on any atom is 0.216 e. The molecule has 1 aromatic rings. The van der Waals surface area contributed by atoms with Gasteiger partial charge in [0.15, 0.2) is 0 Å². The summed E-state index contributed by atoms with van der Waals surface area (Å²) in [4.78, 5) is 4.15. The van der Waals surface area contributed by atoms with Crippen LogP contribution in [0.2, 0.25) is 5.02 Å². The van der Waals surface area contributed by atoms with Gasteiger partial charge in [-0.3, -0.25) is 0 Å². The predicted molar refractivity (Wildman–Crippen MR) is 52.3 cm³/mol. The molecule has 0 amide bonds. The van der Waals surface area contributed by atoms with Crippen LogP contribution in [0.1, 0.15) is 24.8 Å². The molecule has 70 valence electrons. The SMILES string of the molecule is Cc1cc(Cl)cnc1OC1CCC1. The fraction of sp³-hybridized carbons (Fsp3) is 0.500. The van der Waals surface area contributed by atoms with Crippen molar-refractivity contribution in [2.75, 3.05) is 0 Å². The van der Waals surface area contributed by atoms with Gasteiger partial charge in [-0.2, -0.15) is 0 Å². The average Bonchev–Trinajstić information content (AvgIpc) is 1.99. The molecule has 1 aliphatic carbocycles. The lowest BCUT2D eigenvalue weighted by atomic mass is 9.96. The van der Waals surface area contributed by atoms with E-state index in [9.17, 15) is 0 Å². The van der Waals surface area contributed by atoms with E-state index in [0.29, 0.717) is 11.1 Å². The number of aromatic nitrogens is 1. The number of ether oxygens (including phenoxy) is 1. The van der Waals surface area contributed by atoms with Crippen LogP contribution < -0.4 is 4.74 Å². The van der Waals surface area contributed by atoms with E-state index in [1.54, 1.807) is 6.20 Å². The molecule has 0 saturated heterocycles. The topological polar surface area (TPSA) is 22.1 Å². The van der Waals surface area contributed by atoms with E-state index in [2.05, 4.69) is 4.98 Å². The van der Waals surface area contributed by atoms with Crippen molar-refractivity contribution >= 4 is 11.6 Å². The Morgan fingerprint density at radius 3 is 2.85 bits per heavy atom. The van der Waals surface area contributed by atoms with Crippen LogP contribution in [-0.2, 0) is 0 Å². The molecular weight excluding hydrogens is 186 g/mol. The number of hydrogen-bond acceptors (Lipinski definition) is 2. The summed E-state index contributed by atoms with van der Waals surface area (Å²) in [5, 5.41) is 0.665. The minimum Gasteiger partial charge on any atom is -0.474 e. The number of aryl methyl sites for hydroxylation is 1. The third-order valence-electron chi connectivity index (χ3n) is 2.33. The summed E-state index contributed by atoms with van der Waals surface area (Å²) in [6.07, 6.45) is 5.60. The van der Waals surface area contributed by atoms with Crippen LogP contribution in [0.4, 0.5) is 0 Å². The van der Waals surface area contributed by atoms with Crippen molar-refractivity contribution in [2.24, 2.45) is 0 Å². The second-order valence-corrected chi connectivity index (χ2v) is 3.88. The largest absolute Gasteiger partial charge is 0.474 e. The number of halogens is 1. The molecule has 0 aliphatic heterocycles. The smallest absolute Gasteiger partial charge is 0.216 e. The predicted octanol–water partition coefficient (Wildman–Crippen LogP) is 2.97. The Hall–Kier alpha value is -0.760. The quantitative estimate of drug-likeness (QED) is 0.727. The van der Waals surface area contributed by atoms with E-state index in [0.717, 1.165) is 24.3 Å². The highest BCUT2D eigenvalue weighted by atomic mass is 35.5. The highest BCUT2D eigenvalue weighted by Crippen LogP contribution is 2.26. The van der Waals surface area contributed by atoms with E-state index < -0.39 is 0 Å². The molecule has 1 aromatic heterocycles. The van der Waals surface area contributed by atoms with Crippen molar-refractivity contribution < 1.29 is 4.74 Å². The number of rotatable bonds is 2. The molecule has 13 heavy (non-hydrogen) atoms. The van der Waals surface area contributed by atoms with E-state index in [1.807, 2.05) is 13.0 Å². The second kappa shape index (κ2) is 3.54. The van der Waals surface area contributed by atoms with Crippen molar-refractivity contribution in [2.45, 2.75) is 32.3 Å². The molecule has 2 rings (SSSR count). The Morgan fingerprint density at radius 1 is 1.54 bits per heavy atom. The molecule has 2 nitrogen and oxygen atoms in total. The van der Waals surface area contributed by atoms with Gasteiger partial charge in [-0.25, -0.2) is 4.98 Å². The Balaban J connectivity index is 2.10. The second-order valence-electron chi connectivity index (χ2n) is 3.45. The van der Waals surface area contributed by atoms with Crippen molar-refractivity contribution in [3.05, 3.63) is 22.8 Å². The standard InChI is InChI=1S/C10H12ClNO/c1-7-5-8(11)6-12-10(7)13-9-3-2-4-9/h5-6,9H,2-4H2,1H3. The first kappa shape index (κ1) is 8.82. The number of pyridine rings is 1. The van der Waals surface area contributed by atoms with E-state index in [4.69, 9.17) is 16.3 Å². The highest BCUT2D eigenvalue weighted by molar-refractivity contribution is 6.30. The molecule has 0 spiro atoms. The van der Waals surface area contributed by atoms with Crippen LogP contribution in [0.25, 0.3) is 0 Å². The molecule has 0 N–H and O–H groups in total. The first-order valence-electron chi connectivity index (χ1n) is 4.54. The van der Waals surface area contributed by atoms with Gasteiger partial charge in [0.2, 0.25) is 5.88 Å². The molecular formula is C10H12ClNO. The number of nitrogens with zero attached hydrogens (tertiary/aromatic N) is 1. The van der Waals surface area contributed by atoms with Gasteiger partial charge < -0.3 is 4.74 Å². The fourth-order valence-corrected chi connectivity index (χ4v) is 1.51. The molecule has 1 saturated carbocycles. The normalized spacial score (nSPS) is 16.8. The highest BCUT2D eigenvalue weighted by Gasteiger charge is 2.20. The first-order valence-corrected chi connectivity index (χ1v) is 4.92. The average molecular weight is 198 g/mol. The maximum absolute atomic E-state index is 5.78. The summed E-state index contributed by atoms with van der Waals surface area (Å²) < 4.78 is 5.67. The monoisotopic (exact) mass is 197 g/mol. The Kier molecular flexibility index (Phi) is 2.40. The molecule has 0 unspecified atom stereocenters. The summed E-state index contributed by atoms with van der Waals surface area (Å²) in [6, 6.07) is 1.88. The maximum atomic E-state index is 5.78. The van der Waals surface area contributed by atoms with Gasteiger partial charge in [0.05, 0.1) is 5.02 Å². The Morgan fingerprint density at radius 2 is 2.31 bits per heavy atom. The van der Waals surface area contributed by atoms with Gasteiger partial charge in [-0.1, -0.05) is 11.6 Å². The molecule has 1 aliphatic rings. The summed E-state index contributed by atoms with van der Waals surface area (Å²) >= 11 is 5.78. The van der Waals surface area contributed by atoms with Crippen molar-refractivity contribution in [1.82, 2.24) is 4.98 Å². The molecule has 0 radical (unpaired) electrons. The van der Waals surface area contributed by atoms with Gasteiger partial charge in [-0.05, 0) is 32.3 Å². The minimum atomic E-state index is 0.382. The number of hydrogen-bond donors (Lipinski definition) is 0. The molecule has 0 atom stereocenters. The summed E-state index contributed by atoms with van der Waals surface area (Å²) in [7, 11) is 0. The molecule has 1 fully saturated rings. The van der Waals surface area contributed by atoms with Crippen LogP contribution in [0, 0.1) is 6.92 Å². The van der Waals surface area contributed by atoms with Crippen LogP contribution in [0.5, 0.6) is 5.88 Å². The van der Waals surface area contributed by atoms with Gasteiger partial charge in [0, 0.05) is 11.8 Å². The minimum absolute atomic E-state index is 0.382. The molecule has 0 bridgehead atoms. The molecule has 3 heteroatoms. The fourth-order valence-electron chi connectivity index (χ4n) is 1.30. The van der Waals surface area contributed by atoms with Crippen LogP contribution >= 0.6 is 11.6 Å². The van der Waals surface area contributed by atoms with Crippen LogP contribution in [0.15, 0.2) is 12.3 Å². The third-order valence-corrected chi connectivity index (χ3v) is 2.53. The van der Waals surface area contributed by atoms with Gasteiger partial charge in [0.25, 0.3) is 0 Å². The lowest BCUT2D eigenvalue weighted by Gasteiger charge is -2.26. The summed E-state index contributed by atoms with van der Waals surface area (Å²) in [6.45, 7) is 1.97. The van der Waals surface area contributed by atoms with Gasteiger partial charge >= 0.3 is 0 Å². The van der Waals surface area contributed by atoms with E-state index in [-0.39, 0.29) is 0 Å². The van der Waals surface area contributed by atoms with Crippen molar-refractivity contribution in [3.8, 4) is 5.88 Å². The summed E-state index contributed by atoms with van der Waals surface area (Å²) in [5.41, 5.74) is 1.01. The van der Waals surface area contributed by atoms with Crippen LogP contribution in [0.3, 0.4) is 0 Å². The Bertz CT molecular complexity index is 310. The zero-order valence-corrected chi connectivity index (χ0v) is 8.34. The third kappa shape index (κ3) is 1.94. The van der Waals surface area contributed by atoms with Gasteiger partial charge in [-0.15, -0.1) is 0 Å². The van der Waals surface area contributed by atoms with Crippen molar-refractivity contribution in [1.29, 1.82) is 0 Å². The zero-order valence-electron chi connectivity index (χ0n) is 7.59. The first-order chi connectivity index (χ1) is 6.25. The van der Waals surface area contributed by atoms with Crippen molar-refractivity contribution in [3.63, 3.8) is 0 Å². The molecule has 1 heterocycles. The lowest BCUT2D eigenvalue weighted by Crippen LogP contribution is -2.25. The van der Waals surface area contributed by atoms with E-state index >= 15 is 0 Å². The Labute approximate surface area is 82.9 Å². The lowest BCUT2D eigenvalue weighted by molar-refractivity contribution is 0.113. The van der Waals surface area contributed by atoms with E-state index in [1.165, 1.54) is 6.42 Å². The zero-order chi connectivity index (χ0) is 9.26. The van der Waals surface area contributed by atoms with Crippen LogP contribution in [-0.4, -0.2) is 11.1 Å². The molecule has 0 aromatic carbocycles. The van der Waals surface area contributed by atoms with Gasteiger partial charge in [0.1, 0.15) is 6.10 Å². The summed E-state index contributed by atoms with van der Waals surface area (Å²) in [5.74, 6) is 0.731.